The third-order valence-corrected chi connectivity index (χ3v) is 4.23. The molecule has 0 fully saturated rings. The minimum Gasteiger partial charge on any atom is -0.383 e. The molecule has 3 nitrogen and oxygen atoms in total. The van der Waals surface area contributed by atoms with Crippen LogP contribution >= 0.6 is 11.6 Å². The first kappa shape index (κ1) is 16.1. The monoisotopic (exact) mass is 306 g/mol. The average Bonchev–Trinajstić information content (AvgIpc) is 2.74. The van der Waals surface area contributed by atoms with Gasteiger partial charge in [-0.3, -0.25) is 4.68 Å². The molecule has 0 aliphatic heterocycles. The average molecular weight is 307 g/mol. The number of aliphatic hydroxyl groups excluding tert-OH is 1. The van der Waals surface area contributed by atoms with Gasteiger partial charge in [0.2, 0.25) is 0 Å². The van der Waals surface area contributed by atoms with Crippen LogP contribution in [0.25, 0.3) is 0 Å². The Bertz CT molecular complexity index is 614. The predicted molar refractivity (Wildman–Crippen MR) is 86.9 cm³/mol. The maximum absolute atomic E-state index is 10.7. The number of hydrogen-bond acceptors (Lipinski definition) is 2. The van der Waals surface area contributed by atoms with Crippen molar-refractivity contribution < 1.29 is 5.11 Å². The van der Waals surface area contributed by atoms with Gasteiger partial charge in [0.05, 0.1) is 5.69 Å². The highest BCUT2D eigenvalue weighted by molar-refractivity contribution is 6.30. The van der Waals surface area contributed by atoms with Gasteiger partial charge in [-0.25, -0.2) is 0 Å². The van der Waals surface area contributed by atoms with Gasteiger partial charge < -0.3 is 5.11 Å². The molecular formula is C17H23ClN2O. The van der Waals surface area contributed by atoms with Gasteiger partial charge in [0, 0.05) is 12.6 Å². The van der Waals surface area contributed by atoms with Crippen LogP contribution in [0.2, 0.25) is 5.15 Å². The molecular weight excluding hydrogens is 284 g/mol. The largest absolute Gasteiger partial charge is 0.383 e. The van der Waals surface area contributed by atoms with Crippen molar-refractivity contribution in [1.29, 1.82) is 0 Å². The van der Waals surface area contributed by atoms with Crippen LogP contribution < -0.4 is 0 Å². The molecule has 0 saturated carbocycles. The first-order valence-corrected chi connectivity index (χ1v) is 7.71. The van der Waals surface area contributed by atoms with Crippen LogP contribution in [0.15, 0.2) is 24.3 Å². The van der Waals surface area contributed by atoms with Crippen LogP contribution in [-0.4, -0.2) is 14.9 Å². The number of nitrogens with zero attached hydrogens (tertiary/aromatic N) is 2. The van der Waals surface area contributed by atoms with Gasteiger partial charge in [0.25, 0.3) is 0 Å². The van der Waals surface area contributed by atoms with E-state index in [4.69, 9.17) is 11.6 Å². The normalized spacial score (nSPS) is 13.2. The van der Waals surface area contributed by atoms with Crippen molar-refractivity contribution in [2.45, 2.75) is 45.6 Å². The first-order valence-electron chi connectivity index (χ1n) is 7.33. The first-order chi connectivity index (χ1) is 9.82. The van der Waals surface area contributed by atoms with E-state index in [2.05, 4.69) is 44.9 Å². The molecule has 0 bridgehead atoms. The van der Waals surface area contributed by atoms with Crippen molar-refractivity contribution >= 4 is 11.6 Å². The molecule has 1 aromatic heterocycles. The second kappa shape index (κ2) is 6.20. The lowest BCUT2D eigenvalue weighted by molar-refractivity contribution is 0.219. The number of aliphatic hydroxyl groups is 1. The van der Waals surface area contributed by atoms with Crippen molar-refractivity contribution in [1.82, 2.24) is 9.78 Å². The van der Waals surface area contributed by atoms with Crippen LogP contribution in [-0.2, 0) is 7.05 Å². The molecule has 1 aromatic carbocycles. The number of aromatic nitrogens is 2. The Labute approximate surface area is 131 Å². The summed E-state index contributed by atoms with van der Waals surface area (Å²) in [5.41, 5.74) is 3.66. The van der Waals surface area contributed by atoms with Gasteiger partial charge in [-0.15, -0.1) is 0 Å². The van der Waals surface area contributed by atoms with Crippen molar-refractivity contribution in [3.63, 3.8) is 0 Å². The molecule has 1 unspecified atom stereocenters. The second-order valence-electron chi connectivity index (χ2n) is 6.09. The minimum atomic E-state index is -0.746. The Balaban J connectivity index is 2.42. The fraction of sp³-hybridized carbons (Fsp3) is 0.471. The third kappa shape index (κ3) is 3.14. The zero-order chi connectivity index (χ0) is 15.7. The van der Waals surface area contributed by atoms with E-state index in [1.807, 2.05) is 12.1 Å². The zero-order valence-corrected chi connectivity index (χ0v) is 14.0. The van der Waals surface area contributed by atoms with Gasteiger partial charge in [-0.2, -0.15) is 5.10 Å². The third-order valence-electron chi connectivity index (χ3n) is 3.78. The summed E-state index contributed by atoms with van der Waals surface area (Å²) in [5, 5.41) is 15.6. The van der Waals surface area contributed by atoms with Gasteiger partial charge in [-0.1, -0.05) is 63.6 Å². The lowest BCUT2D eigenvalue weighted by atomic mass is 9.95. The molecule has 114 valence electrons. The lowest BCUT2D eigenvalue weighted by Crippen LogP contribution is -2.04. The summed E-state index contributed by atoms with van der Waals surface area (Å²) in [4.78, 5) is 0. The highest BCUT2D eigenvalue weighted by atomic mass is 35.5. The van der Waals surface area contributed by atoms with E-state index in [1.54, 1.807) is 11.7 Å². The molecule has 0 spiro atoms. The Morgan fingerprint density at radius 1 is 1.00 bits per heavy atom. The number of benzene rings is 1. The molecule has 1 N–H and O–H groups in total. The van der Waals surface area contributed by atoms with E-state index >= 15 is 0 Å². The Morgan fingerprint density at radius 2 is 1.52 bits per heavy atom. The summed E-state index contributed by atoms with van der Waals surface area (Å²) in [6.45, 7) is 8.41. The number of hydrogen-bond donors (Lipinski definition) is 1. The molecule has 0 aliphatic carbocycles. The second-order valence-corrected chi connectivity index (χ2v) is 6.45. The molecule has 0 aliphatic rings. The summed E-state index contributed by atoms with van der Waals surface area (Å²) >= 11 is 6.32. The van der Waals surface area contributed by atoms with E-state index in [0.29, 0.717) is 16.6 Å². The number of rotatable bonds is 4. The number of aryl methyl sites for hydroxylation is 1. The molecule has 4 heteroatoms. The smallest absolute Gasteiger partial charge is 0.133 e. The standard InChI is InChI=1S/C17H23ClN2O/c1-10(2)12-6-8-13(9-7-12)16(21)14-15(11(3)4)19-20(5)17(14)18/h6-11,16,21H,1-5H3. The van der Waals surface area contributed by atoms with Gasteiger partial charge in [0.1, 0.15) is 11.3 Å². The Hall–Kier alpha value is -1.32. The fourth-order valence-electron chi connectivity index (χ4n) is 2.45. The topological polar surface area (TPSA) is 38.1 Å². The summed E-state index contributed by atoms with van der Waals surface area (Å²) in [6.07, 6.45) is -0.746. The van der Waals surface area contributed by atoms with Crippen LogP contribution in [0.1, 0.15) is 68.0 Å². The Kier molecular flexibility index (Phi) is 4.74. The molecule has 0 radical (unpaired) electrons. The molecule has 1 atom stereocenters. The maximum Gasteiger partial charge on any atom is 0.133 e. The molecule has 2 aromatic rings. The Morgan fingerprint density at radius 3 is 2.00 bits per heavy atom. The lowest BCUT2D eigenvalue weighted by Gasteiger charge is -2.15. The maximum atomic E-state index is 10.7. The summed E-state index contributed by atoms with van der Waals surface area (Å²) in [5.74, 6) is 0.688. The van der Waals surface area contributed by atoms with Gasteiger partial charge in [-0.05, 0) is 23.0 Å². The van der Waals surface area contributed by atoms with Crippen LogP contribution in [0.5, 0.6) is 0 Å². The van der Waals surface area contributed by atoms with Crippen molar-refractivity contribution in [3.8, 4) is 0 Å². The van der Waals surface area contributed by atoms with Crippen molar-refractivity contribution in [2.24, 2.45) is 7.05 Å². The van der Waals surface area contributed by atoms with E-state index in [-0.39, 0.29) is 5.92 Å². The molecule has 0 amide bonds. The van der Waals surface area contributed by atoms with Crippen molar-refractivity contribution in [3.05, 3.63) is 51.8 Å². The molecule has 1 heterocycles. The zero-order valence-electron chi connectivity index (χ0n) is 13.3. The van der Waals surface area contributed by atoms with Crippen LogP contribution in [0.3, 0.4) is 0 Å². The minimum absolute atomic E-state index is 0.211. The van der Waals surface area contributed by atoms with E-state index in [9.17, 15) is 5.11 Å². The van der Waals surface area contributed by atoms with Crippen LogP contribution in [0.4, 0.5) is 0 Å². The quantitative estimate of drug-likeness (QED) is 0.909. The number of halogens is 1. The van der Waals surface area contributed by atoms with E-state index in [0.717, 1.165) is 11.3 Å². The summed E-state index contributed by atoms with van der Waals surface area (Å²) < 4.78 is 1.62. The molecule has 21 heavy (non-hydrogen) atoms. The SMILES string of the molecule is CC(C)c1ccc(C(O)c2c(C(C)C)nn(C)c2Cl)cc1. The van der Waals surface area contributed by atoms with E-state index < -0.39 is 6.10 Å². The van der Waals surface area contributed by atoms with Gasteiger partial charge >= 0.3 is 0 Å². The highest BCUT2D eigenvalue weighted by Gasteiger charge is 2.24. The summed E-state index contributed by atoms with van der Waals surface area (Å²) in [6, 6.07) is 8.05. The molecule has 0 saturated heterocycles. The van der Waals surface area contributed by atoms with Crippen molar-refractivity contribution in [2.75, 3.05) is 0 Å². The molecule has 2 rings (SSSR count). The van der Waals surface area contributed by atoms with Crippen LogP contribution in [0, 0.1) is 0 Å². The highest BCUT2D eigenvalue weighted by Crippen LogP contribution is 2.34. The fourth-order valence-corrected chi connectivity index (χ4v) is 2.69. The predicted octanol–water partition coefficient (Wildman–Crippen LogP) is 4.40. The summed E-state index contributed by atoms with van der Waals surface area (Å²) in [7, 11) is 1.80. The van der Waals surface area contributed by atoms with Gasteiger partial charge in [0.15, 0.2) is 0 Å². The van der Waals surface area contributed by atoms with E-state index in [1.165, 1.54) is 5.56 Å².